The van der Waals surface area contributed by atoms with E-state index in [1.165, 1.54) is 51.4 Å². The molecule has 0 aliphatic heterocycles. The molecule has 0 heterocycles. The van der Waals surface area contributed by atoms with Gasteiger partial charge in [0.1, 0.15) is 0 Å². The molecule has 0 aromatic carbocycles. The maximum Gasteiger partial charge on any atom is 0.0568 e. The molecule has 1 heteroatoms. The fourth-order valence-corrected chi connectivity index (χ4v) is 7.70. The summed E-state index contributed by atoms with van der Waals surface area (Å²) in [6.07, 6.45) is 12.6. The molecule has 0 aromatic rings. The van der Waals surface area contributed by atoms with Crippen LogP contribution in [-0.2, 0) is 0 Å². The Morgan fingerprint density at radius 1 is 0.810 bits per heavy atom. The predicted octanol–water partition coefficient (Wildman–Crippen LogP) is 5.03. The van der Waals surface area contributed by atoms with E-state index in [9.17, 15) is 5.11 Å². The molecular formula is C20H34O. The molecule has 120 valence electrons. The van der Waals surface area contributed by atoms with Crippen LogP contribution in [0.2, 0.25) is 0 Å². The molecule has 0 aromatic heterocycles. The second kappa shape index (κ2) is 4.73. The van der Waals surface area contributed by atoms with Gasteiger partial charge in [-0.2, -0.15) is 0 Å². The van der Waals surface area contributed by atoms with E-state index in [0.29, 0.717) is 16.7 Å². The Morgan fingerprint density at radius 3 is 2.43 bits per heavy atom. The molecule has 4 fully saturated rings. The van der Waals surface area contributed by atoms with E-state index in [-0.39, 0.29) is 6.10 Å². The Morgan fingerprint density at radius 2 is 1.62 bits per heavy atom. The van der Waals surface area contributed by atoms with Gasteiger partial charge in [-0.15, -0.1) is 0 Å². The van der Waals surface area contributed by atoms with Crippen LogP contribution >= 0.6 is 0 Å². The highest BCUT2D eigenvalue weighted by molar-refractivity contribution is 5.08. The first kappa shape index (κ1) is 14.5. The van der Waals surface area contributed by atoms with Crippen LogP contribution in [0, 0.1) is 40.4 Å². The summed E-state index contributed by atoms with van der Waals surface area (Å²) in [6.45, 7) is 7.53. The largest absolute Gasteiger partial charge is 0.393 e. The Hall–Kier alpha value is -0.0400. The third-order valence-electron chi connectivity index (χ3n) is 8.94. The summed E-state index contributed by atoms with van der Waals surface area (Å²) < 4.78 is 0. The van der Waals surface area contributed by atoms with Gasteiger partial charge in [-0.3, -0.25) is 0 Å². The highest BCUT2D eigenvalue weighted by atomic mass is 16.3. The number of fused-ring (bicyclic) bond motifs is 5. The van der Waals surface area contributed by atoms with Gasteiger partial charge >= 0.3 is 0 Å². The lowest BCUT2D eigenvalue weighted by Crippen LogP contribution is -2.55. The molecule has 21 heavy (non-hydrogen) atoms. The summed E-state index contributed by atoms with van der Waals surface area (Å²) in [4.78, 5) is 0. The van der Waals surface area contributed by atoms with Crippen molar-refractivity contribution in [2.24, 2.45) is 40.4 Å². The molecule has 4 rings (SSSR count). The molecule has 4 saturated carbocycles. The highest BCUT2D eigenvalue weighted by Crippen LogP contribution is 2.66. The topological polar surface area (TPSA) is 20.2 Å². The van der Waals surface area contributed by atoms with Crippen molar-refractivity contribution >= 4 is 0 Å². The van der Waals surface area contributed by atoms with Gasteiger partial charge in [0.2, 0.25) is 0 Å². The van der Waals surface area contributed by atoms with E-state index in [1.54, 1.807) is 0 Å². The van der Waals surface area contributed by atoms with E-state index in [2.05, 4.69) is 20.8 Å². The van der Waals surface area contributed by atoms with Gasteiger partial charge in [0.25, 0.3) is 0 Å². The second-order valence-electron chi connectivity index (χ2n) is 9.62. The van der Waals surface area contributed by atoms with Crippen LogP contribution in [0.4, 0.5) is 0 Å². The van der Waals surface area contributed by atoms with Gasteiger partial charge in [-0.05, 0) is 91.8 Å². The average Bonchev–Trinajstić information content (AvgIpc) is 2.85. The number of aliphatic hydroxyl groups is 1. The summed E-state index contributed by atoms with van der Waals surface area (Å²) in [5, 5.41) is 10.3. The number of hydrogen-bond acceptors (Lipinski definition) is 1. The third-order valence-corrected chi connectivity index (χ3v) is 8.94. The molecule has 7 unspecified atom stereocenters. The van der Waals surface area contributed by atoms with Crippen molar-refractivity contribution in [3.8, 4) is 0 Å². The smallest absolute Gasteiger partial charge is 0.0568 e. The quantitative estimate of drug-likeness (QED) is 0.663. The maximum absolute atomic E-state index is 10.3. The van der Waals surface area contributed by atoms with Crippen LogP contribution in [0.5, 0.6) is 0 Å². The maximum atomic E-state index is 10.3. The van der Waals surface area contributed by atoms with Crippen LogP contribution in [0.3, 0.4) is 0 Å². The van der Waals surface area contributed by atoms with Crippen molar-refractivity contribution in [3.63, 3.8) is 0 Å². The summed E-state index contributed by atoms with van der Waals surface area (Å²) >= 11 is 0. The van der Waals surface area contributed by atoms with Crippen molar-refractivity contribution in [1.82, 2.24) is 0 Å². The first-order chi connectivity index (χ1) is 9.96. The van der Waals surface area contributed by atoms with E-state index in [0.717, 1.165) is 30.1 Å². The van der Waals surface area contributed by atoms with Crippen LogP contribution in [-0.4, -0.2) is 11.2 Å². The zero-order valence-electron chi connectivity index (χ0n) is 14.3. The lowest BCUT2D eigenvalue weighted by atomic mass is 9.44. The van der Waals surface area contributed by atoms with E-state index >= 15 is 0 Å². The summed E-state index contributed by atoms with van der Waals surface area (Å²) in [5.41, 5.74) is 1.22. The lowest BCUT2D eigenvalue weighted by Gasteiger charge is -2.61. The van der Waals surface area contributed by atoms with Crippen molar-refractivity contribution in [1.29, 1.82) is 0 Å². The Kier molecular flexibility index (Phi) is 3.27. The predicted molar refractivity (Wildman–Crippen MR) is 86.9 cm³/mol. The molecule has 4 aliphatic rings. The van der Waals surface area contributed by atoms with Crippen molar-refractivity contribution in [2.75, 3.05) is 0 Å². The first-order valence-electron chi connectivity index (χ1n) is 9.64. The molecule has 0 saturated heterocycles. The summed E-state index contributed by atoms with van der Waals surface area (Å²) in [7, 11) is 0. The third kappa shape index (κ3) is 1.92. The molecule has 8 atom stereocenters. The number of hydrogen-bond donors (Lipinski definition) is 1. The van der Waals surface area contributed by atoms with Crippen LogP contribution in [0.25, 0.3) is 0 Å². The SMILES string of the molecule is CC1C(O)CCC2(C)C1CCC1C2CC[C@]2(C)CCCC12. The first-order valence-corrected chi connectivity index (χ1v) is 9.64. The monoisotopic (exact) mass is 290 g/mol. The van der Waals surface area contributed by atoms with Crippen molar-refractivity contribution in [2.45, 2.75) is 84.7 Å². The Bertz CT molecular complexity index is 418. The minimum absolute atomic E-state index is 0.0278. The summed E-state index contributed by atoms with van der Waals surface area (Å²) in [6, 6.07) is 0. The van der Waals surface area contributed by atoms with Gasteiger partial charge in [0.05, 0.1) is 6.10 Å². The molecule has 0 amide bonds. The lowest BCUT2D eigenvalue weighted by molar-refractivity contribution is -0.143. The van der Waals surface area contributed by atoms with Crippen molar-refractivity contribution < 1.29 is 5.11 Å². The van der Waals surface area contributed by atoms with Gasteiger partial charge in [0.15, 0.2) is 0 Å². The van der Waals surface area contributed by atoms with Crippen molar-refractivity contribution in [3.05, 3.63) is 0 Å². The molecule has 0 spiro atoms. The average molecular weight is 290 g/mol. The van der Waals surface area contributed by atoms with Crippen LogP contribution in [0.15, 0.2) is 0 Å². The number of rotatable bonds is 0. The zero-order chi connectivity index (χ0) is 14.8. The minimum Gasteiger partial charge on any atom is -0.393 e. The normalized spacial score (nSPS) is 60.0. The molecule has 1 N–H and O–H groups in total. The Labute approximate surface area is 130 Å². The van der Waals surface area contributed by atoms with Gasteiger partial charge in [-0.1, -0.05) is 27.2 Å². The van der Waals surface area contributed by atoms with Crippen LogP contribution in [0.1, 0.15) is 78.6 Å². The second-order valence-corrected chi connectivity index (χ2v) is 9.62. The van der Waals surface area contributed by atoms with E-state index in [4.69, 9.17) is 0 Å². The fraction of sp³-hybridized carbons (Fsp3) is 1.00. The molecular weight excluding hydrogens is 256 g/mol. The summed E-state index contributed by atoms with van der Waals surface area (Å²) in [5.74, 6) is 4.31. The minimum atomic E-state index is -0.0278. The molecule has 1 nitrogen and oxygen atoms in total. The zero-order valence-corrected chi connectivity index (χ0v) is 14.3. The van der Waals surface area contributed by atoms with E-state index in [1.807, 2.05) is 0 Å². The highest BCUT2D eigenvalue weighted by Gasteiger charge is 2.58. The molecule has 0 bridgehead atoms. The standard InChI is InChI=1S/C20H34O/c1-13-15-7-6-14-16-5-4-10-19(16,2)11-8-17(14)20(15,3)12-9-18(13)21/h13-18,21H,4-12H2,1-3H3/t13?,14?,15?,16?,17?,18?,19-,20?/m0/s1. The van der Waals surface area contributed by atoms with Gasteiger partial charge in [0, 0.05) is 0 Å². The molecule has 0 radical (unpaired) electrons. The van der Waals surface area contributed by atoms with Crippen LogP contribution < -0.4 is 0 Å². The van der Waals surface area contributed by atoms with E-state index < -0.39 is 0 Å². The molecule has 4 aliphatic carbocycles. The fourth-order valence-electron chi connectivity index (χ4n) is 7.70. The van der Waals surface area contributed by atoms with Gasteiger partial charge in [-0.25, -0.2) is 0 Å². The number of aliphatic hydroxyl groups excluding tert-OH is 1. The Balaban J connectivity index is 1.64. The van der Waals surface area contributed by atoms with Gasteiger partial charge < -0.3 is 5.11 Å².